The van der Waals surface area contributed by atoms with Gasteiger partial charge in [0.05, 0.1) is 4.90 Å². The first-order valence-corrected chi connectivity index (χ1v) is 9.84. The van der Waals surface area contributed by atoms with E-state index in [1.165, 1.54) is 12.1 Å². The van der Waals surface area contributed by atoms with E-state index in [-0.39, 0.29) is 17.3 Å². The highest BCUT2D eigenvalue weighted by molar-refractivity contribution is 7.89. The zero-order valence-electron chi connectivity index (χ0n) is 15.3. The summed E-state index contributed by atoms with van der Waals surface area (Å²) in [6.07, 6.45) is 0. The number of likely N-dealkylation sites (N-methyl/N-ethyl adjacent to an activating group) is 1. The van der Waals surface area contributed by atoms with E-state index in [0.29, 0.717) is 18.7 Å². The van der Waals surface area contributed by atoms with Crippen LogP contribution in [0.3, 0.4) is 0 Å². The smallest absolute Gasteiger partial charge is 0.251 e. The lowest BCUT2D eigenvalue weighted by Crippen LogP contribution is -2.31. The zero-order chi connectivity index (χ0) is 19.2. The van der Waals surface area contributed by atoms with E-state index in [1.807, 2.05) is 50.2 Å². The van der Waals surface area contributed by atoms with Gasteiger partial charge in [0, 0.05) is 25.2 Å². The van der Waals surface area contributed by atoms with E-state index >= 15 is 0 Å². The van der Waals surface area contributed by atoms with Gasteiger partial charge in [-0.25, -0.2) is 13.1 Å². The second-order valence-electron chi connectivity index (χ2n) is 6.40. The van der Waals surface area contributed by atoms with Gasteiger partial charge in [-0.2, -0.15) is 0 Å². The van der Waals surface area contributed by atoms with Crippen molar-refractivity contribution in [2.24, 2.45) is 0 Å². The average molecular weight is 375 g/mol. The Morgan fingerprint density at radius 2 is 1.81 bits per heavy atom. The van der Waals surface area contributed by atoms with Gasteiger partial charge in [0.1, 0.15) is 0 Å². The van der Waals surface area contributed by atoms with Gasteiger partial charge >= 0.3 is 0 Å². The molecule has 26 heavy (non-hydrogen) atoms. The molecular formula is C19H25N3O3S. The van der Waals surface area contributed by atoms with Crippen LogP contribution in [0.4, 0.5) is 0 Å². The lowest BCUT2D eigenvalue weighted by atomic mass is 10.1. The van der Waals surface area contributed by atoms with Gasteiger partial charge in [0.15, 0.2) is 0 Å². The van der Waals surface area contributed by atoms with Crippen molar-refractivity contribution in [3.05, 3.63) is 65.2 Å². The van der Waals surface area contributed by atoms with E-state index in [2.05, 4.69) is 10.0 Å². The predicted octanol–water partition coefficient (Wildman–Crippen LogP) is 1.76. The monoisotopic (exact) mass is 375 g/mol. The fourth-order valence-electron chi connectivity index (χ4n) is 2.38. The molecule has 0 aliphatic carbocycles. The third kappa shape index (κ3) is 5.94. The van der Waals surface area contributed by atoms with E-state index < -0.39 is 10.0 Å². The molecule has 0 heterocycles. The molecule has 0 aliphatic heterocycles. The Labute approximate surface area is 155 Å². The molecule has 2 rings (SSSR count). The summed E-state index contributed by atoms with van der Waals surface area (Å²) in [6.45, 7) is 3.36. The van der Waals surface area contributed by atoms with E-state index in [4.69, 9.17) is 0 Å². The molecule has 0 spiro atoms. The van der Waals surface area contributed by atoms with Gasteiger partial charge in [0.2, 0.25) is 10.0 Å². The molecule has 0 saturated carbocycles. The maximum Gasteiger partial charge on any atom is 0.251 e. The molecule has 0 aliphatic rings. The van der Waals surface area contributed by atoms with Crippen molar-refractivity contribution in [3.63, 3.8) is 0 Å². The molecule has 7 heteroatoms. The first kappa shape index (κ1) is 20.1. The molecule has 0 fully saturated rings. The number of nitrogens with zero attached hydrogens (tertiary/aromatic N) is 1. The second-order valence-corrected chi connectivity index (χ2v) is 8.17. The quantitative estimate of drug-likeness (QED) is 0.737. The maximum absolute atomic E-state index is 12.5. The number of carbonyl (C=O) groups excluding carboxylic acids is 1. The molecule has 0 bridgehead atoms. The zero-order valence-corrected chi connectivity index (χ0v) is 16.1. The number of hydrogen-bond donors (Lipinski definition) is 2. The summed E-state index contributed by atoms with van der Waals surface area (Å²) >= 11 is 0. The Bertz CT molecular complexity index is 864. The van der Waals surface area contributed by atoms with Crippen molar-refractivity contribution in [1.29, 1.82) is 0 Å². The highest BCUT2D eigenvalue weighted by Crippen LogP contribution is 2.13. The molecule has 0 radical (unpaired) electrons. The standard InChI is InChI=1S/C19H25N3O3S/c1-15-6-4-7-16(12-15)14-21-26(24,25)18-9-5-8-17(13-18)19(23)20-10-11-22(2)3/h4-9,12-13,21H,10-11,14H2,1-3H3,(H,20,23). The van der Waals surface area contributed by atoms with Crippen LogP contribution in [-0.4, -0.2) is 46.4 Å². The average Bonchev–Trinajstić information content (AvgIpc) is 2.60. The van der Waals surface area contributed by atoms with Crippen LogP contribution in [0.5, 0.6) is 0 Å². The number of aryl methyl sites for hydroxylation is 1. The lowest BCUT2D eigenvalue weighted by molar-refractivity contribution is 0.0951. The summed E-state index contributed by atoms with van der Waals surface area (Å²) in [5.74, 6) is -0.289. The van der Waals surface area contributed by atoms with Gasteiger partial charge in [0.25, 0.3) is 5.91 Å². The van der Waals surface area contributed by atoms with Gasteiger partial charge in [-0.1, -0.05) is 35.9 Å². The molecule has 1 amide bonds. The number of sulfonamides is 1. The van der Waals surface area contributed by atoms with E-state index in [1.54, 1.807) is 12.1 Å². The minimum Gasteiger partial charge on any atom is -0.351 e. The fourth-order valence-corrected chi connectivity index (χ4v) is 3.45. The first-order chi connectivity index (χ1) is 12.3. The Hall–Kier alpha value is -2.22. The largest absolute Gasteiger partial charge is 0.351 e. The number of benzene rings is 2. The topological polar surface area (TPSA) is 78.5 Å². The van der Waals surface area contributed by atoms with Gasteiger partial charge in [-0.05, 0) is 44.8 Å². The van der Waals surface area contributed by atoms with Crippen LogP contribution >= 0.6 is 0 Å². The van der Waals surface area contributed by atoms with E-state index in [9.17, 15) is 13.2 Å². The summed E-state index contributed by atoms with van der Waals surface area (Å²) in [4.78, 5) is 14.2. The highest BCUT2D eigenvalue weighted by Gasteiger charge is 2.16. The van der Waals surface area contributed by atoms with Gasteiger partial charge < -0.3 is 10.2 Å². The molecule has 6 nitrogen and oxygen atoms in total. The third-order valence-corrected chi connectivity index (χ3v) is 5.20. The van der Waals surface area contributed by atoms with Crippen LogP contribution in [0.1, 0.15) is 21.5 Å². The maximum atomic E-state index is 12.5. The minimum absolute atomic E-state index is 0.0745. The number of carbonyl (C=O) groups is 1. The molecule has 2 aromatic rings. The van der Waals surface area contributed by atoms with Crippen molar-refractivity contribution in [2.45, 2.75) is 18.4 Å². The van der Waals surface area contributed by atoms with Crippen LogP contribution in [-0.2, 0) is 16.6 Å². The Kier molecular flexibility index (Phi) is 6.90. The van der Waals surface area contributed by atoms with Crippen molar-refractivity contribution < 1.29 is 13.2 Å². The van der Waals surface area contributed by atoms with Crippen LogP contribution < -0.4 is 10.0 Å². The predicted molar refractivity (Wildman–Crippen MR) is 103 cm³/mol. The molecule has 0 unspecified atom stereocenters. The number of amides is 1. The molecule has 0 atom stereocenters. The van der Waals surface area contributed by atoms with Crippen molar-refractivity contribution in [2.75, 3.05) is 27.2 Å². The number of hydrogen-bond acceptors (Lipinski definition) is 4. The molecule has 0 aromatic heterocycles. The normalized spacial score (nSPS) is 11.5. The van der Waals surface area contributed by atoms with Crippen LogP contribution in [0.25, 0.3) is 0 Å². The van der Waals surface area contributed by atoms with Crippen LogP contribution in [0.15, 0.2) is 53.4 Å². The summed E-state index contributed by atoms with van der Waals surface area (Å²) in [6, 6.07) is 13.7. The van der Waals surface area contributed by atoms with Crippen LogP contribution in [0, 0.1) is 6.92 Å². The minimum atomic E-state index is -3.70. The van der Waals surface area contributed by atoms with E-state index in [0.717, 1.165) is 11.1 Å². The fraction of sp³-hybridized carbons (Fsp3) is 0.316. The SMILES string of the molecule is Cc1cccc(CNS(=O)(=O)c2cccc(C(=O)NCCN(C)C)c2)c1. The summed E-state index contributed by atoms with van der Waals surface area (Å²) in [5, 5.41) is 2.78. The molecule has 2 N–H and O–H groups in total. The first-order valence-electron chi connectivity index (χ1n) is 8.36. The second kappa shape index (κ2) is 8.93. The molecule has 2 aromatic carbocycles. The van der Waals surface area contributed by atoms with Gasteiger partial charge in [-0.15, -0.1) is 0 Å². The Balaban J connectivity index is 2.06. The lowest BCUT2D eigenvalue weighted by Gasteiger charge is -2.11. The van der Waals surface area contributed by atoms with Crippen molar-refractivity contribution in [3.8, 4) is 0 Å². The molecular weight excluding hydrogens is 350 g/mol. The van der Waals surface area contributed by atoms with Crippen molar-refractivity contribution >= 4 is 15.9 Å². The highest BCUT2D eigenvalue weighted by atomic mass is 32.2. The summed E-state index contributed by atoms with van der Waals surface area (Å²) in [5.41, 5.74) is 2.27. The Morgan fingerprint density at radius 3 is 2.50 bits per heavy atom. The number of nitrogens with one attached hydrogen (secondary N) is 2. The molecule has 0 saturated heterocycles. The van der Waals surface area contributed by atoms with Crippen LogP contribution in [0.2, 0.25) is 0 Å². The number of rotatable bonds is 8. The Morgan fingerprint density at radius 1 is 1.08 bits per heavy atom. The molecule has 140 valence electrons. The van der Waals surface area contributed by atoms with Gasteiger partial charge in [-0.3, -0.25) is 4.79 Å². The summed E-state index contributed by atoms with van der Waals surface area (Å²) < 4.78 is 27.6. The summed E-state index contributed by atoms with van der Waals surface area (Å²) in [7, 11) is 0.132. The van der Waals surface area contributed by atoms with Crippen molar-refractivity contribution in [1.82, 2.24) is 14.9 Å². The third-order valence-electron chi connectivity index (χ3n) is 3.80.